The fourth-order valence-electron chi connectivity index (χ4n) is 2.12. The lowest BCUT2D eigenvalue weighted by molar-refractivity contribution is -0.141. The maximum atomic E-state index is 12.7. The van der Waals surface area contributed by atoms with E-state index in [4.69, 9.17) is 0 Å². The fourth-order valence-corrected chi connectivity index (χ4v) is 2.12. The molecule has 1 saturated carbocycles. The van der Waals surface area contributed by atoms with Crippen LogP contribution in [0.1, 0.15) is 18.5 Å². The second-order valence-corrected chi connectivity index (χ2v) is 5.20. The van der Waals surface area contributed by atoms with Crippen LogP contribution in [0.4, 0.5) is 19.0 Å². The third kappa shape index (κ3) is 2.81. The first kappa shape index (κ1) is 14.6. The van der Waals surface area contributed by atoms with Gasteiger partial charge in [0.15, 0.2) is 5.82 Å². The van der Waals surface area contributed by atoms with Gasteiger partial charge in [-0.25, -0.2) is 9.97 Å². The van der Waals surface area contributed by atoms with E-state index < -0.39 is 11.9 Å². The van der Waals surface area contributed by atoms with Crippen LogP contribution in [0.15, 0.2) is 24.4 Å². The van der Waals surface area contributed by atoms with Gasteiger partial charge >= 0.3 is 6.18 Å². The van der Waals surface area contributed by atoms with Crippen LogP contribution in [0.25, 0.3) is 10.9 Å². The number of rotatable bonds is 3. The number of nitrogens with one attached hydrogen (secondary N) is 1. The number of hydrogen-bond acceptors (Lipinski definition) is 4. The third-order valence-electron chi connectivity index (χ3n) is 3.43. The van der Waals surface area contributed by atoms with Crippen molar-refractivity contribution in [3.63, 3.8) is 0 Å². The Balaban J connectivity index is 1.94. The van der Waals surface area contributed by atoms with Gasteiger partial charge in [-0.3, -0.25) is 15.2 Å². The van der Waals surface area contributed by atoms with Crippen molar-refractivity contribution in [1.29, 1.82) is 0 Å². The minimum Gasteiger partial charge on any atom is -0.273 e. The van der Waals surface area contributed by atoms with E-state index in [9.17, 15) is 18.0 Å². The number of hydrogen-bond donors (Lipinski definition) is 1. The van der Waals surface area contributed by atoms with Crippen molar-refractivity contribution in [3.8, 4) is 0 Å². The topological polar surface area (TPSA) is 58.1 Å². The predicted molar refractivity (Wildman–Crippen MR) is 73.8 cm³/mol. The molecule has 8 heteroatoms. The molecule has 2 aromatic heterocycles. The number of pyridine rings is 2. The largest absolute Gasteiger partial charge is 0.433 e. The molecule has 1 aliphatic carbocycles. The highest BCUT2D eigenvalue weighted by molar-refractivity contribution is 5.91. The number of carbonyl (C=O) groups excluding carboxylic acids is 1. The maximum Gasteiger partial charge on any atom is 0.433 e. The summed E-state index contributed by atoms with van der Waals surface area (Å²) in [6, 6.07) is 3.63. The molecule has 2 aromatic rings. The second kappa shape index (κ2) is 5.11. The van der Waals surface area contributed by atoms with Gasteiger partial charge in [0.2, 0.25) is 5.91 Å². The minimum atomic E-state index is -4.50. The summed E-state index contributed by atoms with van der Waals surface area (Å²) in [5.41, 5.74) is 1.89. The normalized spacial score (nSPS) is 14.9. The van der Waals surface area contributed by atoms with Crippen LogP contribution in [-0.4, -0.2) is 22.9 Å². The molecule has 5 nitrogen and oxygen atoms in total. The molecular weight excluding hydrogens is 297 g/mol. The zero-order valence-corrected chi connectivity index (χ0v) is 11.7. The second-order valence-electron chi connectivity index (χ2n) is 5.20. The van der Waals surface area contributed by atoms with E-state index in [0.717, 1.165) is 18.9 Å². The standard InChI is InChI=1S/C14H13F3N4O/c1-21(20-13(22)8-2-3-8)12-9-4-5-11(14(15,16)17)19-10(9)6-7-18-12/h4-8H,2-3H2,1H3,(H,20,22). The van der Waals surface area contributed by atoms with E-state index in [1.54, 1.807) is 7.05 Å². The summed E-state index contributed by atoms with van der Waals surface area (Å²) < 4.78 is 38.1. The summed E-state index contributed by atoms with van der Waals surface area (Å²) in [5, 5.41) is 1.85. The average Bonchev–Trinajstić information content (AvgIpc) is 3.29. The molecule has 0 aliphatic heterocycles. The maximum absolute atomic E-state index is 12.7. The number of fused-ring (bicyclic) bond motifs is 1. The van der Waals surface area contributed by atoms with Crippen molar-refractivity contribution in [3.05, 3.63) is 30.1 Å². The number of hydrazine groups is 1. The fraction of sp³-hybridized carbons (Fsp3) is 0.357. The molecule has 0 saturated heterocycles. The molecule has 0 aromatic carbocycles. The lowest BCUT2D eigenvalue weighted by atomic mass is 10.2. The molecular formula is C14H13F3N4O. The number of aromatic nitrogens is 2. The molecule has 0 atom stereocenters. The molecule has 0 radical (unpaired) electrons. The molecule has 2 heterocycles. The predicted octanol–water partition coefficient (Wildman–Crippen LogP) is 2.53. The van der Waals surface area contributed by atoms with Crippen molar-refractivity contribution in [1.82, 2.24) is 15.4 Å². The minimum absolute atomic E-state index is 0.0207. The van der Waals surface area contributed by atoms with Crippen LogP contribution >= 0.6 is 0 Å². The molecule has 116 valence electrons. The van der Waals surface area contributed by atoms with E-state index in [1.807, 2.05) is 0 Å². The van der Waals surface area contributed by atoms with Crippen LogP contribution in [0.3, 0.4) is 0 Å². The van der Waals surface area contributed by atoms with Gasteiger partial charge in [0.1, 0.15) is 5.69 Å². The number of alkyl halides is 3. The summed E-state index contributed by atoms with van der Waals surface area (Å²) in [6.45, 7) is 0. The van der Waals surface area contributed by atoms with E-state index in [-0.39, 0.29) is 17.3 Å². The Hall–Kier alpha value is -2.38. The van der Waals surface area contributed by atoms with Gasteiger partial charge in [-0.15, -0.1) is 0 Å². The first-order valence-electron chi connectivity index (χ1n) is 6.73. The molecule has 0 spiro atoms. The zero-order valence-electron chi connectivity index (χ0n) is 11.7. The highest BCUT2D eigenvalue weighted by Crippen LogP contribution is 2.31. The lowest BCUT2D eigenvalue weighted by Crippen LogP contribution is -2.40. The third-order valence-corrected chi connectivity index (χ3v) is 3.43. The zero-order chi connectivity index (χ0) is 15.9. The van der Waals surface area contributed by atoms with Crippen LogP contribution in [0, 0.1) is 5.92 Å². The van der Waals surface area contributed by atoms with Gasteiger partial charge in [0.05, 0.1) is 5.52 Å². The molecule has 0 bridgehead atoms. The Morgan fingerprint density at radius 3 is 2.68 bits per heavy atom. The first-order valence-corrected chi connectivity index (χ1v) is 6.73. The summed E-state index contributed by atoms with van der Waals surface area (Å²) in [5.74, 6) is 0.265. The summed E-state index contributed by atoms with van der Waals surface area (Å²) in [6.07, 6.45) is -1.41. The van der Waals surface area contributed by atoms with Crippen molar-refractivity contribution in [2.75, 3.05) is 12.1 Å². The Morgan fingerprint density at radius 1 is 1.32 bits per heavy atom. The van der Waals surface area contributed by atoms with E-state index in [1.165, 1.54) is 23.3 Å². The number of halogens is 3. The van der Waals surface area contributed by atoms with Gasteiger partial charge in [0, 0.05) is 24.5 Å². The number of carbonyl (C=O) groups is 1. The van der Waals surface area contributed by atoms with Crippen molar-refractivity contribution in [2.24, 2.45) is 5.92 Å². The van der Waals surface area contributed by atoms with Gasteiger partial charge in [0.25, 0.3) is 0 Å². The number of anilines is 1. The van der Waals surface area contributed by atoms with Gasteiger partial charge in [-0.05, 0) is 31.0 Å². The molecule has 1 N–H and O–H groups in total. The van der Waals surface area contributed by atoms with Gasteiger partial charge in [-0.2, -0.15) is 13.2 Å². The summed E-state index contributed by atoms with van der Waals surface area (Å²) in [4.78, 5) is 19.5. The molecule has 1 fully saturated rings. The SMILES string of the molecule is CN(NC(=O)C1CC1)c1nccc2nc(C(F)(F)F)ccc12. The van der Waals surface area contributed by atoms with Crippen LogP contribution in [-0.2, 0) is 11.0 Å². The summed E-state index contributed by atoms with van der Waals surface area (Å²) >= 11 is 0. The van der Waals surface area contributed by atoms with Crippen LogP contribution < -0.4 is 10.4 Å². The first-order chi connectivity index (χ1) is 10.4. The number of amides is 1. The monoisotopic (exact) mass is 310 g/mol. The smallest absolute Gasteiger partial charge is 0.273 e. The van der Waals surface area contributed by atoms with Crippen molar-refractivity contribution < 1.29 is 18.0 Å². The van der Waals surface area contributed by atoms with E-state index >= 15 is 0 Å². The van der Waals surface area contributed by atoms with E-state index in [0.29, 0.717) is 11.2 Å². The highest BCUT2D eigenvalue weighted by Gasteiger charge is 2.33. The quantitative estimate of drug-likeness (QED) is 0.885. The van der Waals surface area contributed by atoms with E-state index in [2.05, 4.69) is 15.4 Å². The average molecular weight is 310 g/mol. The molecule has 3 rings (SSSR count). The summed E-state index contributed by atoms with van der Waals surface area (Å²) in [7, 11) is 1.60. The Morgan fingerprint density at radius 2 is 2.05 bits per heavy atom. The van der Waals surface area contributed by atoms with Gasteiger partial charge < -0.3 is 0 Å². The number of nitrogens with zero attached hydrogens (tertiary/aromatic N) is 3. The Kier molecular flexibility index (Phi) is 3.38. The highest BCUT2D eigenvalue weighted by atomic mass is 19.4. The van der Waals surface area contributed by atoms with Crippen molar-refractivity contribution >= 4 is 22.6 Å². The van der Waals surface area contributed by atoms with Gasteiger partial charge in [-0.1, -0.05) is 0 Å². The van der Waals surface area contributed by atoms with Crippen LogP contribution in [0.5, 0.6) is 0 Å². The lowest BCUT2D eigenvalue weighted by Gasteiger charge is -2.20. The van der Waals surface area contributed by atoms with Crippen molar-refractivity contribution in [2.45, 2.75) is 19.0 Å². The molecule has 1 amide bonds. The van der Waals surface area contributed by atoms with Crippen LogP contribution in [0.2, 0.25) is 0 Å². The Bertz CT molecular complexity index is 728. The molecule has 0 unspecified atom stereocenters. The Labute approximate surface area is 124 Å². The molecule has 22 heavy (non-hydrogen) atoms. The molecule has 1 aliphatic rings.